The smallest absolute Gasteiger partial charge is 0.142 e. The van der Waals surface area contributed by atoms with Crippen molar-refractivity contribution >= 4 is 5.69 Å². The Bertz CT molecular complexity index is 643. The fourth-order valence-electron chi connectivity index (χ4n) is 6.76. The van der Waals surface area contributed by atoms with Gasteiger partial charge in [0.1, 0.15) is 5.75 Å². The zero-order chi connectivity index (χ0) is 18.9. The lowest BCUT2D eigenvalue weighted by molar-refractivity contribution is 0.121. The molecule has 0 spiro atoms. The van der Waals surface area contributed by atoms with E-state index in [4.69, 9.17) is 4.74 Å². The van der Waals surface area contributed by atoms with Crippen molar-refractivity contribution in [1.82, 2.24) is 9.80 Å². The molecule has 4 heteroatoms. The highest BCUT2D eigenvalue weighted by Crippen LogP contribution is 2.47. The lowest BCUT2D eigenvalue weighted by Gasteiger charge is -2.39. The van der Waals surface area contributed by atoms with Crippen LogP contribution in [0.5, 0.6) is 5.75 Å². The Labute approximate surface area is 170 Å². The molecule has 0 aromatic heterocycles. The average molecular weight is 384 g/mol. The largest absolute Gasteiger partial charge is 0.495 e. The molecule has 3 aliphatic heterocycles. The minimum Gasteiger partial charge on any atom is -0.495 e. The Morgan fingerprint density at radius 3 is 2.32 bits per heavy atom. The maximum atomic E-state index is 5.55. The third-order valence-electron chi connectivity index (χ3n) is 7.94. The molecule has 6 rings (SSSR count). The molecule has 3 heterocycles. The van der Waals surface area contributed by atoms with Gasteiger partial charge in [0, 0.05) is 38.8 Å². The van der Waals surface area contributed by atoms with Crippen molar-refractivity contribution in [3.05, 3.63) is 24.3 Å². The zero-order valence-electron chi connectivity index (χ0n) is 17.6. The topological polar surface area (TPSA) is 19.0 Å². The standard InChI is InChI=1S/C24H37N3O/c1-28-24-6-3-2-5-23(24)26-11-9-25(10-12-26)7-4-8-27-18-21-14-19-13-20(15-21)17-22(27)16-19/h2-3,5-6,19-22H,4,7-18H2,1H3. The van der Waals surface area contributed by atoms with Crippen molar-refractivity contribution < 1.29 is 4.74 Å². The fraction of sp³-hybridized carbons (Fsp3) is 0.750. The number of methoxy groups -OCH3 is 1. The van der Waals surface area contributed by atoms with E-state index >= 15 is 0 Å². The molecule has 2 unspecified atom stereocenters. The number of benzene rings is 1. The molecule has 2 aliphatic carbocycles. The van der Waals surface area contributed by atoms with Crippen LogP contribution in [0, 0.1) is 17.8 Å². The lowest BCUT2D eigenvalue weighted by atomic mass is 9.68. The Morgan fingerprint density at radius 2 is 1.57 bits per heavy atom. The molecule has 154 valence electrons. The van der Waals surface area contributed by atoms with Crippen LogP contribution in [0.15, 0.2) is 24.3 Å². The first-order valence-electron chi connectivity index (χ1n) is 11.6. The molecular formula is C24H37N3O. The van der Waals surface area contributed by atoms with Gasteiger partial charge in [-0.1, -0.05) is 12.1 Å². The Hall–Kier alpha value is -1.26. The van der Waals surface area contributed by atoms with Crippen molar-refractivity contribution in [3.63, 3.8) is 0 Å². The molecular weight excluding hydrogens is 346 g/mol. The maximum absolute atomic E-state index is 5.55. The molecule has 1 aromatic carbocycles. The normalized spacial score (nSPS) is 33.2. The van der Waals surface area contributed by atoms with Gasteiger partial charge in [0.2, 0.25) is 0 Å². The number of nitrogens with zero attached hydrogens (tertiary/aromatic N) is 3. The van der Waals surface area contributed by atoms with Gasteiger partial charge in [-0.2, -0.15) is 0 Å². The highest BCUT2D eigenvalue weighted by Gasteiger charge is 2.42. The van der Waals surface area contributed by atoms with Gasteiger partial charge in [-0.05, 0) is 81.5 Å². The number of fused-ring (bicyclic) bond motifs is 1. The Kier molecular flexibility index (Phi) is 5.51. The second-order valence-electron chi connectivity index (χ2n) is 9.78. The molecule has 5 aliphatic rings. The molecule has 0 radical (unpaired) electrons. The van der Waals surface area contributed by atoms with Crippen LogP contribution >= 0.6 is 0 Å². The molecule has 4 nitrogen and oxygen atoms in total. The van der Waals surface area contributed by atoms with E-state index in [-0.39, 0.29) is 0 Å². The van der Waals surface area contributed by atoms with Crippen LogP contribution < -0.4 is 9.64 Å². The quantitative estimate of drug-likeness (QED) is 0.745. The van der Waals surface area contributed by atoms with Gasteiger partial charge in [-0.25, -0.2) is 0 Å². The van der Waals surface area contributed by atoms with E-state index in [2.05, 4.69) is 39.0 Å². The van der Waals surface area contributed by atoms with Crippen LogP contribution in [-0.2, 0) is 0 Å². The third-order valence-corrected chi connectivity index (χ3v) is 7.94. The second-order valence-corrected chi connectivity index (χ2v) is 9.78. The number of anilines is 1. The molecule has 2 saturated carbocycles. The summed E-state index contributed by atoms with van der Waals surface area (Å²) in [5.74, 6) is 4.15. The van der Waals surface area contributed by atoms with Crippen molar-refractivity contribution in [3.8, 4) is 5.75 Å². The summed E-state index contributed by atoms with van der Waals surface area (Å²) in [6, 6.07) is 9.35. The fourth-order valence-corrected chi connectivity index (χ4v) is 6.76. The van der Waals surface area contributed by atoms with E-state index < -0.39 is 0 Å². The van der Waals surface area contributed by atoms with Gasteiger partial charge in [0.15, 0.2) is 0 Å². The van der Waals surface area contributed by atoms with Gasteiger partial charge >= 0.3 is 0 Å². The number of piperazine rings is 1. The number of hydrogen-bond acceptors (Lipinski definition) is 4. The first-order valence-corrected chi connectivity index (χ1v) is 11.6. The summed E-state index contributed by atoms with van der Waals surface area (Å²) in [6.45, 7) is 8.56. The van der Waals surface area contributed by atoms with Crippen LogP contribution in [-0.4, -0.2) is 68.8 Å². The minimum atomic E-state index is 0.915. The summed E-state index contributed by atoms with van der Waals surface area (Å²) >= 11 is 0. The summed E-state index contributed by atoms with van der Waals surface area (Å²) in [7, 11) is 1.77. The number of rotatable bonds is 6. The third kappa shape index (κ3) is 3.91. The SMILES string of the molecule is COc1ccccc1N1CCN(CCCN2CC3CC4CC(C3)CC2C4)CC1. The van der Waals surface area contributed by atoms with E-state index in [9.17, 15) is 0 Å². The van der Waals surface area contributed by atoms with Gasteiger partial charge in [-0.15, -0.1) is 0 Å². The van der Waals surface area contributed by atoms with Crippen LogP contribution in [0.3, 0.4) is 0 Å². The molecule has 1 aromatic rings. The van der Waals surface area contributed by atoms with Gasteiger partial charge in [0.05, 0.1) is 12.8 Å². The zero-order valence-corrected chi connectivity index (χ0v) is 17.6. The van der Waals surface area contributed by atoms with Gasteiger partial charge in [-0.3, -0.25) is 4.90 Å². The highest BCUT2D eigenvalue weighted by atomic mass is 16.5. The molecule has 5 fully saturated rings. The molecule has 0 N–H and O–H groups in total. The molecule has 28 heavy (non-hydrogen) atoms. The van der Waals surface area contributed by atoms with Crippen molar-refractivity contribution in [2.45, 2.75) is 44.6 Å². The second kappa shape index (κ2) is 8.23. The maximum Gasteiger partial charge on any atom is 0.142 e. The van der Waals surface area contributed by atoms with Crippen molar-refractivity contribution in [2.24, 2.45) is 17.8 Å². The first-order chi connectivity index (χ1) is 13.8. The first kappa shape index (κ1) is 18.7. The average Bonchev–Trinajstić information content (AvgIpc) is 2.91. The van der Waals surface area contributed by atoms with Gasteiger partial charge in [0.25, 0.3) is 0 Å². The van der Waals surface area contributed by atoms with Crippen LogP contribution in [0.4, 0.5) is 5.69 Å². The summed E-state index contributed by atoms with van der Waals surface area (Å²) in [5.41, 5.74) is 1.25. The summed E-state index contributed by atoms with van der Waals surface area (Å²) in [4.78, 5) is 8.06. The lowest BCUT2D eigenvalue weighted by Crippen LogP contribution is -2.47. The summed E-state index contributed by atoms with van der Waals surface area (Å²) in [5, 5.41) is 0. The summed E-state index contributed by atoms with van der Waals surface area (Å²) in [6.07, 6.45) is 8.97. The van der Waals surface area contributed by atoms with Crippen LogP contribution in [0.2, 0.25) is 0 Å². The minimum absolute atomic E-state index is 0.915. The Morgan fingerprint density at radius 1 is 0.857 bits per heavy atom. The van der Waals surface area contributed by atoms with Crippen molar-refractivity contribution in [1.29, 1.82) is 0 Å². The van der Waals surface area contributed by atoms with Crippen LogP contribution in [0.1, 0.15) is 38.5 Å². The van der Waals surface area contributed by atoms with E-state index in [1.54, 1.807) is 13.5 Å². The molecule has 4 bridgehead atoms. The molecule has 2 atom stereocenters. The van der Waals surface area contributed by atoms with E-state index in [1.807, 2.05) is 0 Å². The van der Waals surface area contributed by atoms with E-state index in [0.717, 1.165) is 42.6 Å². The van der Waals surface area contributed by atoms with E-state index in [1.165, 1.54) is 70.5 Å². The van der Waals surface area contributed by atoms with Crippen LogP contribution in [0.25, 0.3) is 0 Å². The predicted octanol–water partition coefficient (Wildman–Crippen LogP) is 3.72. The monoisotopic (exact) mass is 383 g/mol. The van der Waals surface area contributed by atoms with E-state index in [0.29, 0.717) is 0 Å². The highest BCUT2D eigenvalue weighted by molar-refractivity contribution is 5.58. The number of para-hydroxylation sites is 2. The Balaban J connectivity index is 1.08. The number of ether oxygens (including phenoxy) is 1. The van der Waals surface area contributed by atoms with Crippen molar-refractivity contribution in [2.75, 3.05) is 57.8 Å². The number of hydrogen-bond donors (Lipinski definition) is 0. The molecule has 3 saturated heterocycles. The summed E-state index contributed by atoms with van der Waals surface area (Å²) < 4.78 is 5.55. The van der Waals surface area contributed by atoms with Gasteiger partial charge < -0.3 is 14.5 Å². The predicted molar refractivity (Wildman–Crippen MR) is 115 cm³/mol. The molecule has 0 amide bonds.